The van der Waals surface area contributed by atoms with Gasteiger partial charge in [0, 0.05) is 18.8 Å². The molecular weight excluding hydrogens is 240 g/mol. The van der Waals surface area contributed by atoms with Crippen molar-refractivity contribution in [3.8, 4) is 0 Å². The van der Waals surface area contributed by atoms with Crippen LogP contribution >= 0.6 is 0 Å². The van der Waals surface area contributed by atoms with Gasteiger partial charge in [-0.3, -0.25) is 0 Å². The number of nitrogens with two attached hydrogens (primary N) is 1. The molecular formula is C15H22N2O2. The Morgan fingerprint density at radius 1 is 1.37 bits per heavy atom. The molecule has 1 fully saturated rings. The molecule has 1 aromatic carbocycles. The van der Waals surface area contributed by atoms with Gasteiger partial charge in [0.05, 0.1) is 11.3 Å². The lowest BCUT2D eigenvalue weighted by molar-refractivity contribution is 0.0697. The molecule has 1 aliphatic rings. The summed E-state index contributed by atoms with van der Waals surface area (Å²) in [5.74, 6) is -0.324. The first-order valence-electron chi connectivity index (χ1n) is 6.86. The van der Waals surface area contributed by atoms with Gasteiger partial charge < -0.3 is 15.7 Å². The predicted molar refractivity (Wildman–Crippen MR) is 77.6 cm³/mol. The lowest BCUT2D eigenvalue weighted by Crippen LogP contribution is -2.39. The number of carboxylic acids is 1. The largest absolute Gasteiger partial charge is 0.478 e. The van der Waals surface area contributed by atoms with Gasteiger partial charge in [-0.1, -0.05) is 19.8 Å². The van der Waals surface area contributed by atoms with Crippen molar-refractivity contribution < 1.29 is 9.90 Å². The van der Waals surface area contributed by atoms with Crippen LogP contribution in [0.5, 0.6) is 0 Å². The highest BCUT2D eigenvalue weighted by atomic mass is 16.4. The number of anilines is 2. The molecule has 4 heteroatoms. The Morgan fingerprint density at radius 3 is 2.68 bits per heavy atom. The normalized spacial score (nSPS) is 23.1. The Labute approximate surface area is 114 Å². The number of nitrogens with zero attached hydrogens (tertiary/aromatic N) is 1. The molecule has 1 aromatic rings. The average molecular weight is 262 g/mol. The summed E-state index contributed by atoms with van der Waals surface area (Å²) >= 11 is 0. The Balaban J connectivity index is 2.32. The minimum Gasteiger partial charge on any atom is -0.478 e. The van der Waals surface area contributed by atoms with E-state index in [0.29, 0.717) is 23.2 Å². The van der Waals surface area contributed by atoms with E-state index in [1.165, 1.54) is 19.3 Å². The van der Waals surface area contributed by atoms with Crippen molar-refractivity contribution in [1.29, 1.82) is 0 Å². The molecule has 0 radical (unpaired) electrons. The molecule has 1 saturated carbocycles. The molecule has 0 heterocycles. The maximum absolute atomic E-state index is 11.4. The third-order valence-electron chi connectivity index (χ3n) is 4.19. The van der Waals surface area contributed by atoms with Crippen LogP contribution in [0.25, 0.3) is 0 Å². The van der Waals surface area contributed by atoms with Crippen LogP contribution in [-0.4, -0.2) is 24.2 Å². The summed E-state index contributed by atoms with van der Waals surface area (Å²) in [6.07, 6.45) is 4.84. The van der Waals surface area contributed by atoms with Gasteiger partial charge in [-0.15, -0.1) is 0 Å². The van der Waals surface area contributed by atoms with Gasteiger partial charge in [-0.2, -0.15) is 0 Å². The predicted octanol–water partition coefficient (Wildman–Crippen LogP) is 2.98. The van der Waals surface area contributed by atoms with Gasteiger partial charge in [0.15, 0.2) is 0 Å². The zero-order chi connectivity index (χ0) is 14.0. The summed E-state index contributed by atoms with van der Waals surface area (Å²) in [6, 6.07) is 5.54. The van der Waals surface area contributed by atoms with Crippen LogP contribution in [0.3, 0.4) is 0 Å². The average Bonchev–Trinajstić information content (AvgIpc) is 2.38. The van der Waals surface area contributed by atoms with Crippen LogP contribution in [0.15, 0.2) is 18.2 Å². The number of hydrogen-bond donors (Lipinski definition) is 2. The zero-order valence-electron chi connectivity index (χ0n) is 11.6. The molecule has 2 atom stereocenters. The van der Waals surface area contributed by atoms with Crippen molar-refractivity contribution >= 4 is 17.3 Å². The highest BCUT2D eigenvalue weighted by molar-refractivity contribution is 5.95. The van der Waals surface area contributed by atoms with E-state index >= 15 is 0 Å². The molecule has 0 aromatic heterocycles. The van der Waals surface area contributed by atoms with Crippen LogP contribution in [0.4, 0.5) is 11.4 Å². The number of carbonyl (C=O) groups is 1. The molecule has 19 heavy (non-hydrogen) atoms. The van der Waals surface area contributed by atoms with Crippen LogP contribution in [-0.2, 0) is 0 Å². The first-order valence-corrected chi connectivity index (χ1v) is 6.86. The minimum atomic E-state index is -0.919. The first kappa shape index (κ1) is 13.7. The number of nitrogen functional groups attached to an aromatic ring is 1. The van der Waals surface area contributed by atoms with Gasteiger partial charge >= 0.3 is 5.97 Å². The van der Waals surface area contributed by atoms with Crippen LogP contribution < -0.4 is 10.6 Å². The van der Waals surface area contributed by atoms with Crippen LogP contribution in [0.1, 0.15) is 43.0 Å². The van der Waals surface area contributed by atoms with Crippen molar-refractivity contribution in [2.45, 2.75) is 38.6 Å². The quantitative estimate of drug-likeness (QED) is 0.822. The summed E-state index contributed by atoms with van der Waals surface area (Å²) in [5.41, 5.74) is 7.24. The standard InChI is InChI=1S/C15H22N2O2/c1-10-5-3-4-6-13(10)17(2)14-8-7-11(16)9-12(14)15(18)19/h7-10,13H,3-6,16H2,1-2H3,(H,18,19). The molecule has 3 N–H and O–H groups in total. The third kappa shape index (κ3) is 2.83. The van der Waals surface area contributed by atoms with E-state index in [-0.39, 0.29) is 0 Å². The summed E-state index contributed by atoms with van der Waals surface area (Å²) < 4.78 is 0. The van der Waals surface area contributed by atoms with Crippen molar-refractivity contribution in [2.75, 3.05) is 17.7 Å². The maximum Gasteiger partial charge on any atom is 0.337 e. The topological polar surface area (TPSA) is 66.6 Å². The highest BCUT2D eigenvalue weighted by Gasteiger charge is 2.27. The molecule has 1 aliphatic carbocycles. The zero-order valence-corrected chi connectivity index (χ0v) is 11.6. The summed E-state index contributed by atoms with van der Waals surface area (Å²) in [7, 11) is 1.99. The summed E-state index contributed by atoms with van der Waals surface area (Å²) in [4.78, 5) is 13.5. The number of carboxylic acid groups (broad SMARTS) is 1. The second-order valence-corrected chi connectivity index (χ2v) is 5.52. The molecule has 104 valence electrons. The number of rotatable bonds is 3. The maximum atomic E-state index is 11.4. The number of benzene rings is 1. The SMILES string of the molecule is CC1CCCCC1N(C)c1ccc(N)cc1C(=O)O. The molecule has 4 nitrogen and oxygen atoms in total. The Hall–Kier alpha value is -1.71. The second kappa shape index (κ2) is 5.51. The van der Waals surface area contributed by atoms with Crippen molar-refractivity contribution in [1.82, 2.24) is 0 Å². The van der Waals surface area contributed by atoms with Gasteiger partial charge in [0.2, 0.25) is 0 Å². The Morgan fingerprint density at radius 2 is 2.05 bits per heavy atom. The molecule has 0 spiro atoms. The van der Waals surface area contributed by atoms with Crippen molar-refractivity contribution in [3.63, 3.8) is 0 Å². The molecule has 0 bridgehead atoms. The minimum absolute atomic E-state index is 0.292. The Bertz CT molecular complexity index is 473. The van der Waals surface area contributed by atoms with Gasteiger partial charge in [-0.05, 0) is 37.0 Å². The molecule has 2 rings (SSSR count). The fourth-order valence-corrected chi connectivity index (χ4v) is 3.08. The van der Waals surface area contributed by atoms with E-state index in [4.69, 9.17) is 5.73 Å². The van der Waals surface area contributed by atoms with E-state index in [9.17, 15) is 9.90 Å². The van der Waals surface area contributed by atoms with E-state index in [2.05, 4.69) is 11.8 Å². The lowest BCUT2D eigenvalue weighted by atomic mass is 9.84. The van der Waals surface area contributed by atoms with Gasteiger partial charge in [0.1, 0.15) is 0 Å². The van der Waals surface area contributed by atoms with Crippen molar-refractivity contribution in [2.24, 2.45) is 5.92 Å². The second-order valence-electron chi connectivity index (χ2n) is 5.52. The van der Waals surface area contributed by atoms with E-state index in [1.54, 1.807) is 12.1 Å². The van der Waals surface area contributed by atoms with Gasteiger partial charge in [-0.25, -0.2) is 4.79 Å². The fraction of sp³-hybridized carbons (Fsp3) is 0.533. The van der Waals surface area contributed by atoms with Gasteiger partial charge in [0.25, 0.3) is 0 Å². The summed E-state index contributed by atoms with van der Waals surface area (Å²) in [5, 5.41) is 9.32. The Kier molecular flexibility index (Phi) is 3.98. The number of aromatic carboxylic acids is 1. The van der Waals surface area contributed by atoms with Crippen LogP contribution in [0.2, 0.25) is 0 Å². The number of hydrogen-bond acceptors (Lipinski definition) is 3. The summed E-state index contributed by atoms with van der Waals surface area (Å²) in [6.45, 7) is 2.25. The molecule has 0 amide bonds. The lowest BCUT2D eigenvalue weighted by Gasteiger charge is -2.38. The van der Waals surface area contributed by atoms with Crippen LogP contribution in [0, 0.1) is 5.92 Å². The van der Waals surface area contributed by atoms with E-state index in [0.717, 1.165) is 12.1 Å². The third-order valence-corrected chi connectivity index (χ3v) is 4.19. The van der Waals surface area contributed by atoms with Crippen molar-refractivity contribution in [3.05, 3.63) is 23.8 Å². The molecule has 2 unspecified atom stereocenters. The van der Waals surface area contributed by atoms with E-state index in [1.807, 2.05) is 13.1 Å². The van der Waals surface area contributed by atoms with E-state index < -0.39 is 5.97 Å². The molecule has 0 saturated heterocycles. The highest BCUT2D eigenvalue weighted by Crippen LogP contribution is 2.32. The monoisotopic (exact) mass is 262 g/mol. The first-order chi connectivity index (χ1) is 9.00. The smallest absolute Gasteiger partial charge is 0.337 e. The molecule has 0 aliphatic heterocycles. The fourth-order valence-electron chi connectivity index (χ4n) is 3.08.